The van der Waals surface area contributed by atoms with Gasteiger partial charge in [-0.05, 0) is 6.92 Å². The maximum Gasteiger partial charge on any atom is 0.321 e. The zero-order valence-corrected chi connectivity index (χ0v) is 8.88. The Morgan fingerprint density at radius 2 is 2.31 bits per heavy atom. The lowest BCUT2D eigenvalue weighted by molar-refractivity contribution is 0.605. The first kappa shape index (κ1) is 10.3. The van der Waals surface area contributed by atoms with Crippen molar-refractivity contribution in [2.24, 2.45) is 7.05 Å². The highest BCUT2D eigenvalue weighted by molar-refractivity contribution is 8.14. The molecule has 5 nitrogen and oxygen atoms in total. The summed E-state index contributed by atoms with van der Waals surface area (Å²) in [5, 5.41) is 3.85. The molecule has 0 amide bonds. The third kappa shape index (κ3) is 2.35. The van der Waals surface area contributed by atoms with E-state index in [0.29, 0.717) is 5.69 Å². The predicted octanol–water partition coefficient (Wildman–Crippen LogP) is 0.730. The summed E-state index contributed by atoms with van der Waals surface area (Å²) >= 11 is 0. The number of aryl methyl sites for hydroxylation is 1. The van der Waals surface area contributed by atoms with E-state index < -0.39 is 9.24 Å². The van der Waals surface area contributed by atoms with Crippen LogP contribution in [0.5, 0.6) is 0 Å². The molecule has 1 heterocycles. The SMILES string of the molecule is CCN(c1cnn(C)c1)S(=O)(=O)Cl. The van der Waals surface area contributed by atoms with Crippen molar-refractivity contribution in [3.8, 4) is 0 Å². The monoisotopic (exact) mass is 223 g/mol. The first-order valence-corrected chi connectivity index (χ1v) is 5.92. The first-order chi connectivity index (χ1) is 5.95. The van der Waals surface area contributed by atoms with Crippen LogP contribution in [0.25, 0.3) is 0 Å². The second-order valence-corrected chi connectivity index (χ2v) is 4.91. The average Bonchev–Trinajstić information content (AvgIpc) is 2.34. The van der Waals surface area contributed by atoms with Crippen molar-refractivity contribution in [2.75, 3.05) is 10.8 Å². The molecule has 0 saturated carbocycles. The minimum atomic E-state index is -3.70. The maximum atomic E-state index is 11.0. The summed E-state index contributed by atoms with van der Waals surface area (Å²) < 4.78 is 24.6. The standard InChI is InChI=1S/C6H10ClN3O2S/c1-3-10(13(7,11)12)6-4-8-9(2)5-6/h4-5H,3H2,1-2H3. The molecule has 13 heavy (non-hydrogen) atoms. The molecule has 1 rings (SSSR count). The van der Waals surface area contributed by atoms with Crippen LogP contribution in [0.2, 0.25) is 0 Å². The highest BCUT2D eigenvalue weighted by atomic mass is 35.7. The van der Waals surface area contributed by atoms with Crippen LogP contribution in [0.4, 0.5) is 5.69 Å². The number of rotatable bonds is 3. The number of halogens is 1. The molecule has 0 spiro atoms. The Morgan fingerprint density at radius 3 is 2.62 bits per heavy atom. The number of anilines is 1. The summed E-state index contributed by atoms with van der Waals surface area (Å²) in [7, 11) is 3.21. The Labute approximate surface area is 81.5 Å². The van der Waals surface area contributed by atoms with Crippen LogP contribution >= 0.6 is 10.7 Å². The van der Waals surface area contributed by atoms with Gasteiger partial charge in [-0.3, -0.25) is 8.99 Å². The molecule has 0 aliphatic carbocycles. The lowest BCUT2D eigenvalue weighted by Crippen LogP contribution is -2.25. The van der Waals surface area contributed by atoms with E-state index in [4.69, 9.17) is 10.7 Å². The van der Waals surface area contributed by atoms with Gasteiger partial charge in [-0.15, -0.1) is 0 Å². The van der Waals surface area contributed by atoms with Crippen molar-refractivity contribution in [1.29, 1.82) is 0 Å². The molecule has 0 atom stereocenters. The zero-order valence-electron chi connectivity index (χ0n) is 7.31. The van der Waals surface area contributed by atoms with Crippen LogP contribution in [0.3, 0.4) is 0 Å². The molecule has 0 bridgehead atoms. The molecule has 0 radical (unpaired) electrons. The van der Waals surface area contributed by atoms with Gasteiger partial charge in [0.05, 0.1) is 11.9 Å². The molecule has 1 aromatic heterocycles. The van der Waals surface area contributed by atoms with Crippen molar-refractivity contribution < 1.29 is 8.42 Å². The van der Waals surface area contributed by atoms with Gasteiger partial charge in [-0.25, -0.2) is 0 Å². The topological polar surface area (TPSA) is 55.2 Å². The molecule has 1 aromatic rings. The summed E-state index contributed by atoms with van der Waals surface area (Å²) in [6.07, 6.45) is 3.03. The van der Waals surface area contributed by atoms with Crippen molar-refractivity contribution in [2.45, 2.75) is 6.92 Å². The molecule has 0 aliphatic rings. The molecule has 0 fully saturated rings. The Morgan fingerprint density at radius 1 is 1.69 bits per heavy atom. The molecule has 0 N–H and O–H groups in total. The first-order valence-electron chi connectivity index (χ1n) is 3.66. The normalized spacial score (nSPS) is 11.6. The minimum absolute atomic E-state index is 0.289. The van der Waals surface area contributed by atoms with E-state index in [2.05, 4.69) is 5.10 Å². The van der Waals surface area contributed by atoms with Crippen LogP contribution in [-0.2, 0) is 16.3 Å². The molecule has 7 heteroatoms. The van der Waals surface area contributed by atoms with Gasteiger partial charge in [0, 0.05) is 30.5 Å². The van der Waals surface area contributed by atoms with Gasteiger partial charge in [-0.2, -0.15) is 13.5 Å². The molecular formula is C6H10ClN3O2S. The number of hydrogen-bond donors (Lipinski definition) is 0. The molecule has 74 valence electrons. The van der Waals surface area contributed by atoms with Crippen molar-refractivity contribution >= 4 is 25.6 Å². The third-order valence-electron chi connectivity index (χ3n) is 1.53. The fourth-order valence-corrected chi connectivity index (χ4v) is 2.19. The van der Waals surface area contributed by atoms with Gasteiger partial charge >= 0.3 is 9.24 Å². The van der Waals surface area contributed by atoms with E-state index in [1.807, 2.05) is 0 Å². The molecule has 0 saturated heterocycles. The summed E-state index contributed by atoms with van der Waals surface area (Å²) in [4.78, 5) is 0. The molecule has 0 aromatic carbocycles. The van der Waals surface area contributed by atoms with Crippen molar-refractivity contribution in [3.63, 3.8) is 0 Å². The Bertz CT molecular complexity index is 386. The largest absolute Gasteiger partial charge is 0.321 e. The Kier molecular flexibility index (Phi) is 2.82. The predicted molar refractivity (Wildman–Crippen MR) is 51.0 cm³/mol. The molecule has 0 unspecified atom stereocenters. The third-order valence-corrected chi connectivity index (χ3v) is 3.02. The minimum Gasteiger partial charge on any atom is -0.274 e. The second kappa shape index (κ2) is 3.55. The van der Waals surface area contributed by atoms with Gasteiger partial charge in [0.25, 0.3) is 0 Å². The summed E-state index contributed by atoms with van der Waals surface area (Å²) in [6, 6.07) is 0. The summed E-state index contributed by atoms with van der Waals surface area (Å²) in [5.41, 5.74) is 0.472. The fraction of sp³-hybridized carbons (Fsp3) is 0.500. The fourth-order valence-electron chi connectivity index (χ4n) is 1.000. The van der Waals surface area contributed by atoms with Crippen LogP contribution in [0.1, 0.15) is 6.92 Å². The molecular weight excluding hydrogens is 214 g/mol. The van der Waals surface area contributed by atoms with Crippen LogP contribution in [-0.4, -0.2) is 24.7 Å². The van der Waals surface area contributed by atoms with E-state index in [1.54, 1.807) is 20.2 Å². The van der Waals surface area contributed by atoms with Crippen LogP contribution in [0, 0.1) is 0 Å². The summed E-state index contributed by atoms with van der Waals surface area (Å²) in [5.74, 6) is 0. The van der Waals surface area contributed by atoms with E-state index in [1.165, 1.54) is 10.9 Å². The smallest absolute Gasteiger partial charge is 0.274 e. The number of nitrogens with zero attached hydrogens (tertiary/aromatic N) is 3. The molecule has 0 aliphatic heterocycles. The van der Waals surface area contributed by atoms with Crippen molar-refractivity contribution in [1.82, 2.24) is 9.78 Å². The van der Waals surface area contributed by atoms with Gasteiger partial charge in [0.1, 0.15) is 0 Å². The highest BCUT2D eigenvalue weighted by Crippen LogP contribution is 2.18. The number of aromatic nitrogens is 2. The average molecular weight is 224 g/mol. The van der Waals surface area contributed by atoms with E-state index in [9.17, 15) is 8.42 Å². The van der Waals surface area contributed by atoms with E-state index in [0.717, 1.165) is 4.31 Å². The van der Waals surface area contributed by atoms with Gasteiger partial charge in [0.15, 0.2) is 0 Å². The van der Waals surface area contributed by atoms with Gasteiger partial charge in [-0.1, -0.05) is 0 Å². The highest BCUT2D eigenvalue weighted by Gasteiger charge is 2.18. The lowest BCUT2D eigenvalue weighted by atomic mass is 10.5. The van der Waals surface area contributed by atoms with Crippen LogP contribution < -0.4 is 4.31 Å². The Hall–Kier alpha value is -0.750. The van der Waals surface area contributed by atoms with Crippen LogP contribution in [0.15, 0.2) is 12.4 Å². The quantitative estimate of drug-likeness (QED) is 0.710. The van der Waals surface area contributed by atoms with Gasteiger partial charge < -0.3 is 0 Å². The zero-order chi connectivity index (χ0) is 10.1. The van der Waals surface area contributed by atoms with Gasteiger partial charge in [0.2, 0.25) is 0 Å². The van der Waals surface area contributed by atoms with E-state index in [-0.39, 0.29) is 6.54 Å². The second-order valence-electron chi connectivity index (χ2n) is 2.48. The summed E-state index contributed by atoms with van der Waals surface area (Å²) in [6.45, 7) is 1.99. The van der Waals surface area contributed by atoms with E-state index >= 15 is 0 Å². The lowest BCUT2D eigenvalue weighted by Gasteiger charge is -2.15. The Balaban J connectivity index is 3.05. The maximum absolute atomic E-state index is 11.0. The number of hydrogen-bond acceptors (Lipinski definition) is 3. The van der Waals surface area contributed by atoms with Crippen molar-refractivity contribution in [3.05, 3.63) is 12.4 Å².